The molecule has 5 rings (SSSR count). The highest BCUT2D eigenvalue weighted by Crippen LogP contribution is 2.43. The average molecular weight is 821 g/mol. The third kappa shape index (κ3) is 11.8. The number of fused-ring (bicyclic) bond motifs is 1. The molecule has 0 amide bonds. The number of rotatable bonds is 22. The molecule has 0 aromatic heterocycles. The molecule has 3 N–H and O–H groups in total. The molecule has 0 bridgehead atoms. The van der Waals surface area contributed by atoms with E-state index in [1.165, 1.54) is 16.7 Å². The van der Waals surface area contributed by atoms with E-state index in [9.17, 15) is 9.59 Å². The number of hydrogen-bond donors (Lipinski definition) is 3. The van der Waals surface area contributed by atoms with Crippen molar-refractivity contribution in [2.24, 2.45) is 0 Å². The standard InChI is InChI=1S/C45H55Cl2N3O7/c1-6-55-41-24-40(37(46)22-31(41)26-49(4)20-10-16-44(51)52)48-39-19-18-35-34(14-9-15-36(35)39)33-13-8-12-30(29(33)3)28-57-43-25-42(56-7-2)32(23-38(43)47)27-50(5)21-11-17-45(53)54/h8-9,12-15,22-25,39,48H,6-7,10-11,16-21,26-28H2,1-5H3,(H,51,52)(H,53,54). The van der Waals surface area contributed by atoms with Crippen LogP contribution >= 0.6 is 23.2 Å². The Labute approximate surface area is 346 Å². The number of carboxylic acid groups (broad SMARTS) is 2. The van der Waals surface area contributed by atoms with Crippen molar-refractivity contribution in [1.82, 2.24) is 9.80 Å². The predicted octanol–water partition coefficient (Wildman–Crippen LogP) is 10.0. The van der Waals surface area contributed by atoms with Crippen LogP contribution in [0.3, 0.4) is 0 Å². The van der Waals surface area contributed by atoms with Gasteiger partial charge in [-0.05, 0) is 119 Å². The van der Waals surface area contributed by atoms with Gasteiger partial charge in [0.2, 0.25) is 0 Å². The average Bonchev–Trinajstić information content (AvgIpc) is 3.57. The largest absolute Gasteiger partial charge is 0.493 e. The van der Waals surface area contributed by atoms with E-state index in [1.807, 2.05) is 52.2 Å². The molecular weight excluding hydrogens is 765 g/mol. The Morgan fingerprint density at radius 2 is 1.33 bits per heavy atom. The maximum atomic E-state index is 11.0. The smallest absolute Gasteiger partial charge is 0.303 e. The van der Waals surface area contributed by atoms with Gasteiger partial charge >= 0.3 is 11.9 Å². The molecule has 4 aromatic rings. The van der Waals surface area contributed by atoms with Crippen LogP contribution in [0.2, 0.25) is 10.0 Å². The maximum Gasteiger partial charge on any atom is 0.303 e. The van der Waals surface area contributed by atoms with E-state index in [0.29, 0.717) is 80.4 Å². The van der Waals surface area contributed by atoms with E-state index in [1.54, 1.807) is 0 Å². The van der Waals surface area contributed by atoms with Crippen LogP contribution in [-0.2, 0) is 35.7 Å². The molecular formula is C45H55Cl2N3O7. The van der Waals surface area contributed by atoms with Crippen molar-refractivity contribution in [3.8, 4) is 28.4 Å². The third-order valence-electron chi connectivity index (χ3n) is 10.3. The lowest BCUT2D eigenvalue weighted by Crippen LogP contribution is -2.20. The Kier molecular flexibility index (Phi) is 15.9. The molecule has 1 atom stereocenters. The molecule has 306 valence electrons. The van der Waals surface area contributed by atoms with Crippen LogP contribution in [0.1, 0.15) is 85.4 Å². The van der Waals surface area contributed by atoms with Gasteiger partial charge in [-0.2, -0.15) is 0 Å². The summed E-state index contributed by atoms with van der Waals surface area (Å²) in [6, 6.07) is 20.6. The third-order valence-corrected chi connectivity index (χ3v) is 10.9. The van der Waals surface area contributed by atoms with Gasteiger partial charge < -0.3 is 39.5 Å². The molecule has 57 heavy (non-hydrogen) atoms. The number of anilines is 1. The molecule has 0 radical (unpaired) electrons. The van der Waals surface area contributed by atoms with Crippen molar-refractivity contribution < 1.29 is 34.0 Å². The first-order valence-electron chi connectivity index (χ1n) is 19.7. The zero-order chi connectivity index (χ0) is 41.1. The fraction of sp³-hybridized carbons (Fsp3) is 0.422. The normalized spacial score (nSPS) is 13.5. The number of nitrogens with one attached hydrogen (secondary N) is 1. The van der Waals surface area contributed by atoms with Crippen LogP contribution in [0.25, 0.3) is 11.1 Å². The van der Waals surface area contributed by atoms with Crippen molar-refractivity contribution in [2.45, 2.75) is 85.0 Å². The van der Waals surface area contributed by atoms with Crippen molar-refractivity contribution in [3.05, 3.63) is 104 Å². The van der Waals surface area contributed by atoms with Crippen molar-refractivity contribution in [2.75, 3.05) is 45.7 Å². The van der Waals surface area contributed by atoms with Gasteiger partial charge in [0, 0.05) is 49.2 Å². The molecule has 0 saturated heterocycles. The second-order valence-electron chi connectivity index (χ2n) is 14.7. The molecule has 0 aliphatic heterocycles. The predicted molar refractivity (Wildman–Crippen MR) is 227 cm³/mol. The monoisotopic (exact) mass is 819 g/mol. The molecule has 1 unspecified atom stereocenters. The Morgan fingerprint density at radius 3 is 1.95 bits per heavy atom. The minimum atomic E-state index is -0.798. The van der Waals surface area contributed by atoms with Crippen LogP contribution in [0, 0.1) is 6.92 Å². The van der Waals surface area contributed by atoms with Crippen molar-refractivity contribution in [1.29, 1.82) is 0 Å². The Bertz CT molecular complexity index is 2020. The lowest BCUT2D eigenvalue weighted by atomic mass is 9.91. The van der Waals surface area contributed by atoms with Crippen LogP contribution in [0.4, 0.5) is 5.69 Å². The van der Waals surface area contributed by atoms with Crippen LogP contribution in [0.5, 0.6) is 17.2 Å². The first kappa shape index (κ1) is 43.6. The first-order chi connectivity index (χ1) is 27.4. The highest BCUT2D eigenvalue weighted by atomic mass is 35.5. The summed E-state index contributed by atoms with van der Waals surface area (Å²) in [5, 5.41) is 22.8. The van der Waals surface area contributed by atoms with E-state index >= 15 is 0 Å². The molecule has 0 saturated carbocycles. The summed E-state index contributed by atoms with van der Waals surface area (Å²) >= 11 is 13.7. The van der Waals surface area contributed by atoms with Gasteiger partial charge in [-0.3, -0.25) is 9.59 Å². The Balaban J connectivity index is 1.31. The van der Waals surface area contributed by atoms with Gasteiger partial charge in [-0.1, -0.05) is 59.6 Å². The topological polar surface area (TPSA) is 121 Å². The van der Waals surface area contributed by atoms with E-state index in [0.717, 1.165) is 52.1 Å². The maximum absolute atomic E-state index is 11.0. The fourth-order valence-corrected chi connectivity index (χ4v) is 7.97. The van der Waals surface area contributed by atoms with Gasteiger partial charge in [0.25, 0.3) is 0 Å². The molecule has 0 spiro atoms. The fourth-order valence-electron chi connectivity index (χ4n) is 7.49. The molecule has 10 nitrogen and oxygen atoms in total. The van der Waals surface area contributed by atoms with E-state index in [-0.39, 0.29) is 18.9 Å². The number of benzene rings is 4. The van der Waals surface area contributed by atoms with Crippen LogP contribution in [-0.4, -0.2) is 72.4 Å². The number of aliphatic carboxylic acids is 2. The number of halogens is 2. The molecule has 1 aliphatic carbocycles. The number of ether oxygens (including phenoxy) is 3. The first-order valence-corrected chi connectivity index (χ1v) is 20.4. The summed E-state index contributed by atoms with van der Waals surface area (Å²) in [6.45, 7) is 9.81. The van der Waals surface area contributed by atoms with Gasteiger partial charge in [0.15, 0.2) is 0 Å². The van der Waals surface area contributed by atoms with E-state index in [4.69, 9.17) is 47.6 Å². The number of nitrogens with zero attached hydrogens (tertiary/aromatic N) is 2. The lowest BCUT2D eigenvalue weighted by molar-refractivity contribution is -0.138. The van der Waals surface area contributed by atoms with Gasteiger partial charge in [-0.15, -0.1) is 0 Å². The summed E-state index contributed by atoms with van der Waals surface area (Å²) < 4.78 is 18.4. The summed E-state index contributed by atoms with van der Waals surface area (Å²) in [4.78, 5) is 26.1. The molecule has 1 aliphatic rings. The second-order valence-corrected chi connectivity index (χ2v) is 15.5. The molecule has 4 aromatic carbocycles. The van der Waals surface area contributed by atoms with Crippen LogP contribution < -0.4 is 19.5 Å². The van der Waals surface area contributed by atoms with Gasteiger partial charge in [-0.25, -0.2) is 0 Å². The number of hydrogen-bond acceptors (Lipinski definition) is 8. The summed E-state index contributed by atoms with van der Waals surface area (Å²) in [7, 11) is 3.93. The summed E-state index contributed by atoms with van der Waals surface area (Å²) in [6.07, 6.45) is 3.22. The Hall–Kier alpha value is -4.48. The molecule has 12 heteroatoms. The Morgan fingerprint density at radius 1 is 0.754 bits per heavy atom. The minimum Gasteiger partial charge on any atom is -0.493 e. The number of carboxylic acids is 2. The molecule has 0 heterocycles. The summed E-state index contributed by atoms with van der Waals surface area (Å²) in [5.74, 6) is 0.411. The molecule has 0 fully saturated rings. The van der Waals surface area contributed by atoms with E-state index in [2.05, 4.69) is 58.4 Å². The number of carbonyl (C=O) groups is 2. The zero-order valence-corrected chi connectivity index (χ0v) is 35.1. The quantitative estimate of drug-likeness (QED) is 0.0707. The van der Waals surface area contributed by atoms with Gasteiger partial charge in [0.1, 0.15) is 23.9 Å². The van der Waals surface area contributed by atoms with Gasteiger partial charge in [0.05, 0.1) is 35.0 Å². The van der Waals surface area contributed by atoms with Crippen molar-refractivity contribution in [3.63, 3.8) is 0 Å². The van der Waals surface area contributed by atoms with Crippen LogP contribution in [0.15, 0.2) is 60.7 Å². The lowest BCUT2D eigenvalue weighted by Gasteiger charge is -2.22. The highest BCUT2D eigenvalue weighted by molar-refractivity contribution is 6.33. The van der Waals surface area contributed by atoms with E-state index < -0.39 is 11.9 Å². The SMILES string of the molecule is CCOc1cc(NC2CCc3c(-c4cccc(COc5cc(OCC)c(CN(C)CCCC(=O)O)cc5Cl)c4C)cccc32)c(Cl)cc1CN(C)CCCC(=O)O. The zero-order valence-electron chi connectivity index (χ0n) is 33.6. The highest BCUT2D eigenvalue weighted by Gasteiger charge is 2.27. The summed E-state index contributed by atoms with van der Waals surface area (Å²) in [5.41, 5.74) is 9.79. The minimum absolute atomic E-state index is 0.0671. The van der Waals surface area contributed by atoms with Crippen molar-refractivity contribution >= 4 is 40.8 Å². The second kappa shape index (κ2) is 20.8.